The molecule has 1 aliphatic heterocycles. The van der Waals surface area contributed by atoms with Crippen LogP contribution in [0.2, 0.25) is 0 Å². The van der Waals surface area contributed by atoms with Gasteiger partial charge in [-0.05, 0) is 19.9 Å². The van der Waals surface area contributed by atoms with Gasteiger partial charge in [0.15, 0.2) is 22.3 Å². The molecule has 35 heavy (non-hydrogen) atoms. The molecule has 0 radical (unpaired) electrons. The maximum atomic E-state index is 13.2. The summed E-state index contributed by atoms with van der Waals surface area (Å²) in [5, 5.41) is 33.0. The minimum Gasteiger partial charge on any atom is -0.505 e. The van der Waals surface area contributed by atoms with Crippen molar-refractivity contribution in [2.45, 2.75) is 13.8 Å². The third-order valence-corrected chi connectivity index (χ3v) is 7.01. The number of phenols is 2. The number of nitrogens with two attached hydrogens (primary N) is 1. The zero-order valence-corrected chi connectivity index (χ0v) is 19.5. The molecule has 180 valence electrons. The lowest BCUT2D eigenvalue weighted by Crippen LogP contribution is -2.55. The van der Waals surface area contributed by atoms with E-state index in [9.17, 15) is 20.2 Å². The standard InChI is InChI=1S/C25H24N4O6/c1-11-8-14-17-18(22(31)12(2)24(14)34-11)23(32)19(26)25-21(17)27-20-15(30)9-13(10-16(20)35-25)28-4-6-29(3,33)7-5-28/h8-10,33H,4-7H2,1-3H3,(H3-,26,27,30,31,32)/p+1. The maximum Gasteiger partial charge on any atom is 0.196 e. The van der Waals surface area contributed by atoms with Crippen molar-refractivity contribution in [1.82, 2.24) is 4.98 Å². The average Bonchev–Trinajstić information content (AvgIpc) is 3.20. The van der Waals surface area contributed by atoms with E-state index in [2.05, 4.69) is 4.98 Å². The Bertz CT molecular complexity index is 1760. The molecule has 3 heterocycles. The van der Waals surface area contributed by atoms with Crippen LogP contribution in [-0.4, -0.2) is 58.3 Å². The van der Waals surface area contributed by atoms with Crippen LogP contribution in [0.3, 0.4) is 0 Å². The number of likely N-dealkylation sites (N-methyl/N-ethyl adjacent to an activating group) is 1. The number of nitrogen functional groups attached to an aromatic ring is 1. The summed E-state index contributed by atoms with van der Waals surface area (Å²) in [6.07, 6.45) is 0. The van der Waals surface area contributed by atoms with E-state index in [1.807, 2.05) is 4.90 Å². The predicted octanol–water partition coefficient (Wildman–Crippen LogP) is 3.51. The summed E-state index contributed by atoms with van der Waals surface area (Å²) < 4.78 is 11.8. The smallest absolute Gasteiger partial charge is 0.196 e. The van der Waals surface area contributed by atoms with Gasteiger partial charge in [-0.15, -0.1) is 0 Å². The molecule has 10 nitrogen and oxygen atoms in total. The molecule has 0 atom stereocenters. The number of aromatic nitrogens is 1. The van der Waals surface area contributed by atoms with Crippen LogP contribution >= 0.6 is 0 Å². The van der Waals surface area contributed by atoms with Gasteiger partial charge in [0.25, 0.3) is 0 Å². The topological polar surface area (TPSA) is 146 Å². The first-order valence-electron chi connectivity index (χ1n) is 11.3. The summed E-state index contributed by atoms with van der Waals surface area (Å²) in [6.45, 7) is 5.67. The maximum absolute atomic E-state index is 13.2. The van der Waals surface area contributed by atoms with E-state index < -0.39 is 5.43 Å². The predicted molar refractivity (Wildman–Crippen MR) is 132 cm³/mol. The highest BCUT2D eigenvalue weighted by molar-refractivity contribution is 6.23. The van der Waals surface area contributed by atoms with Gasteiger partial charge in [0.2, 0.25) is 0 Å². The molecule has 1 saturated heterocycles. The number of aromatic hydroxyl groups is 2. The van der Waals surface area contributed by atoms with Crippen LogP contribution in [0.15, 0.2) is 31.8 Å². The normalized spacial score (nSPS) is 16.2. The quantitative estimate of drug-likeness (QED) is 0.0936. The monoisotopic (exact) mass is 477 g/mol. The summed E-state index contributed by atoms with van der Waals surface area (Å²) >= 11 is 0. The molecule has 6 rings (SSSR count). The van der Waals surface area contributed by atoms with Crippen molar-refractivity contribution >= 4 is 55.3 Å². The van der Waals surface area contributed by atoms with E-state index in [1.165, 1.54) is 0 Å². The lowest BCUT2D eigenvalue weighted by molar-refractivity contribution is -1.09. The Morgan fingerprint density at radius 1 is 1.03 bits per heavy atom. The molecule has 2 aromatic heterocycles. The molecule has 10 heteroatoms. The lowest BCUT2D eigenvalue weighted by atomic mass is 9.99. The summed E-state index contributed by atoms with van der Waals surface area (Å²) in [4.78, 5) is 19.9. The highest BCUT2D eigenvalue weighted by Crippen LogP contribution is 2.43. The van der Waals surface area contributed by atoms with Crippen molar-refractivity contribution in [3.63, 3.8) is 0 Å². The number of hydrogen-bond donors (Lipinski definition) is 4. The van der Waals surface area contributed by atoms with E-state index in [4.69, 9.17) is 14.6 Å². The van der Waals surface area contributed by atoms with Crippen LogP contribution < -0.4 is 16.1 Å². The number of furan rings is 1. The molecule has 0 aliphatic carbocycles. The fourth-order valence-corrected chi connectivity index (χ4v) is 5.01. The molecule has 5 N–H and O–H groups in total. The number of fused-ring (bicyclic) bond motifs is 6. The van der Waals surface area contributed by atoms with Crippen LogP contribution in [-0.2, 0) is 0 Å². The van der Waals surface area contributed by atoms with Gasteiger partial charge < -0.3 is 29.7 Å². The average molecular weight is 477 g/mol. The lowest BCUT2D eigenvalue weighted by Gasteiger charge is -2.37. The first kappa shape index (κ1) is 21.5. The molecule has 0 amide bonds. The second-order valence-corrected chi connectivity index (χ2v) is 9.54. The molecule has 0 saturated carbocycles. The summed E-state index contributed by atoms with van der Waals surface area (Å²) in [5.74, 6) is 0.135. The Morgan fingerprint density at radius 2 is 1.74 bits per heavy atom. The van der Waals surface area contributed by atoms with Gasteiger partial charge in [0.05, 0.1) is 25.5 Å². The van der Waals surface area contributed by atoms with Gasteiger partial charge >= 0.3 is 0 Å². The minimum absolute atomic E-state index is 0.0393. The number of anilines is 2. The molecule has 3 aromatic carbocycles. The number of aryl methyl sites for hydroxylation is 2. The Hall–Kier alpha value is -4.02. The van der Waals surface area contributed by atoms with E-state index >= 15 is 0 Å². The van der Waals surface area contributed by atoms with Crippen LogP contribution in [0.5, 0.6) is 11.5 Å². The summed E-state index contributed by atoms with van der Waals surface area (Å²) in [6, 6.07) is 5.13. The summed E-state index contributed by atoms with van der Waals surface area (Å²) in [7, 11) is 1.76. The van der Waals surface area contributed by atoms with Gasteiger partial charge in [-0.25, -0.2) is 10.2 Å². The number of rotatable bonds is 1. The highest BCUT2D eigenvalue weighted by atomic mass is 16.5. The SMILES string of the molecule is Cc1cc2c(o1)c(C)c(=O)c1c(O)c(N)c3oc4cc(N5CC[N+](C)(O)CC5)cc(O)c4nc3c12. The molecule has 0 unspecified atom stereocenters. The van der Waals surface area contributed by atoms with Crippen LogP contribution in [0.4, 0.5) is 11.4 Å². The number of piperazine rings is 1. The largest absolute Gasteiger partial charge is 0.505 e. The Morgan fingerprint density at radius 3 is 2.46 bits per heavy atom. The molecule has 0 spiro atoms. The zero-order chi connectivity index (χ0) is 24.8. The molecule has 0 bridgehead atoms. The Balaban J connectivity index is 1.68. The first-order valence-corrected chi connectivity index (χ1v) is 11.3. The minimum atomic E-state index is -0.409. The van der Waals surface area contributed by atoms with Gasteiger partial charge in [0.1, 0.15) is 46.9 Å². The van der Waals surface area contributed by atoms with Crippen LogP contribution in [0, 0.1) is 13.8 Å². The number of hydroxylamine groups is 3. The van der Waals surface area contributed by atoms with E-state index in [1.54, 1.807) is 39.1 Å². The first-order chi connectivity index (χ1) is 16.6. The van der Waals surface area contributed by atoms with Crippen molar-refractivity contribution in [1.29, 1.82) is 0 Å². The Labute approximate surface area is 198 Å². The second-order valence-electron chi connectivity index (χ2n) is 9.54. The number of benzene rings is 3. The highest BCUT2D eigenvalue weighted by Gasteiger charge is 2.29. The number of quaternary nitrogens is 1. The fourth-order valence-electron chi connectivity index (χ4n) is 5.01. The number of phenolic OH excluding ortho intramolecular Hbond substituents is 2. The van der Waals surface area contributed by atoms with Gasteiger partial charge in [-0.3, -0.25) is 4.79 Å². The summed E-state index contributed by atoms with van der Waals surface area (Å²) in [5.41, 5.74) is 8.06. The van der Waals surface area contributed by atoms with Crippen molar-refractivity contribution in [3.8, 4) is 11.5 Å². The number of nitrogens with zero attached hydrogens (tertiary/aromatic N) is 3. The fraction of sp³-hybridized carbons (Fsp3) is 0.280. The molecule has 1 aliphatic rings. The van der Waals surface area contributed by atoms with E-state index in [0.717, 1.165) is 0 Å². The van der Waals surface area contributed by atoms with E-state index in [0.29, 0.717) is 59.5 Å². The zero-order valence-electron chi connectivity index (χ0n) is 19.5. The third kappa shape index (κ3) is 3.03. The van der Waals surface area contributed by atoms with Crippen LogP contribution in [0.25, 0.3) is 43.9 Å². The van der Waals surface area contributed by atoms with Gasteiger partial charge in [-0.1, -0.05) is 0 Å². The molecule has 1 fully saturated rings. The van der Waals surface area contributed by atoms with Crippen molar-refractivity contribution < 1.29 is 28.9 Å². The molecular weight excluding hydrogens is 452 g/mol. The van der Waals surface area contributed by atoms with Crippen LogP contribution in [0.1, 0.15) is 11.3 Å². The van der Waals surface area contributed by atoms with E-state index in [-0.39, 0.29) is 49.4 Å². The van der Waals surface area contributed by atoms with Gasteiger partial charge in [0, 0.05) is 34.2 Å². The van der Waals surface area contributed by atoms with Crippen molar-refractivity contribution in [2.24, 2.45) is 0 Å². The molecule has 5 aromatic rings. The Kier molecular flexibility index (Phi) is 4.30. The molecular formula is C25H25N4O6+. The van der Waals surface area contributed by atoms with Crippen molar-refractivity contribution in [2.75, 3.05) is 43.9 Å². The van der Waals surface area contributed by atoms with Crippen molar-refractivity contribution in [3.05, 3.63) is 39.7 Å². The van der Waals surface area contributed by atoms with Gasteiger partial charge in [-0.2, -0.15) is 4.65 Å². The third-order valence-electron chi connectivity index (χ3n) is 7.01. The second kappa shape index (κ2) is 7.00. The number of hydrogen-bond acceptors (Lipinski definition) is 9.